The molecular formula is C14H29FeO4. The van der Waals surface area contributed by atoms with E-state index in [1.165, 1.54) is 0 Å². The smallest absolute Gasteiger partial charge is 0.852 e. The van der Waals surface area contributed by atoms with E-state index in [0.29, 0.717) is 6.42 Å². The van der Waals surface area contributed by atoms with Crippen LogP contribution in [0.25, 0.3) is 0 Å². The molecule has 1 unspecified atom stereocenters. The zero-order chi connectivity index (χ0) is 15.1. The third-order valence-corrected chi connectivity index (χ3v) is 1.73. The van der Waals surface area contributed by atoms with Crippen LogP contribution in [0, 0.1) is 5.92 Å². The molecule has 1 radical (unpaired) electrons. The number of unbranched alkanes of at least 4 members (excludes halogenated alkanes) is 1. The van der Waals surface area contributed by atoms with Crippen molar-refractivity contribution in [1.82, 2.24) is 0 Å². The fourth-order valence-electron chi connectivity index (χ4n) is 0.939. The van der Waals surface area contributed by atoms with Gasteiger partial charge >= 0.3 is 17.1 Å². The molecule has 117 valence electrons. The second-order valence-electron chi connectivity index (χ2n) is 4.66. The van der Waals surface area contributed by atoms with Crippen LogP contribution in [0.5, 0.6) is 0 Å². The van der Waals surface area contributed by atoms with Gasteiger partial charge in [-0.1, -0.05) is 54.4 Å². The predicted molar refractivity (Wildman–Crippen MR) is 68.6 cm³/mol. The summed E-state index contributed by atoms with van der Waals surface area (Å²) in [6.45, 7) is 10.4. The minimum Gasteiger partial charge on any atom is -0.852 e. The zero-order valence-corrected chi connectivity index (χ0v) is 14.2. The summed E-state index contributed by atoms with van der Waals surface area (Å²) < 4.78 is 0. The van der Waals surface area contributed by atoms with E-state index in [1.54, 1.807) is 27.7 Å². The molecule has 0 fully saturated rings. The maximum absolute atomic E-state index is 10.3. The topological polar surface area (TPSA) is 86.2 Å². The minimum atomic E-state index is -0.893. The van der Waals surface area contributed by atoms with Gasteiger partial charge in [-0.25, -0.2) is 0 Å². The monoisotopic (exact) mass is 317 g/mol. The number of hydrogen-bond donors (Lipinski definition) is 0. The molecule has 0 saturated heterocycles. The molecule has 0 saturated carbocycles. The standard InChI is InChI=1S/C8H16O2.2C3H7O.Fe/c1-3-5-6-7(4-2)8(9)10;2*1-3(2)4;/h7H,3-6H2,1-2H3,(H,9,10);2*3H,1-2H3;/q;2*-1;+3/p-1. The average Bonchev–Trinajstić information content (AvgIpc) is 2.16. The number of rotatable bonds is 5. The molecule has 0 aromatic rings. The molecule has 0 aromatic heterocycles. The summed E-state index contributed by atoms with van der Waals surface area (Å²) in [4.78, 5) is 10.3. The first-order chi connectivity index (χ1) is 8.18. The number of carboxylic acid groups (broad SMARTS) is 1. The van der Waals surface area contributed by atoms with Crippen LogP contribution in [0.3, 0.4) is 0 Å². The Morgan fingerprint density at radius 3 is 1.47 bits per heavy atom. The Morgan fingerprint density at radius 1 is 1.00 bits per heavy atom. The van der Waals surface area contributed by atoms with Crippen LogP contribution >= 0.6 is 0 Å². The first kappa shape index (κ1) is 27.3. The van der Waals surface area contributed by atoms with Gasteiger partial charge in [-0.3, -0.25) is 0 Å². The first-order valence-corrected chi connectivity index (χ1v) is 6.71. The fraction of sp³-hybridized carbons (Fsp3) is 0.929. The summed E-state index contributed by atoms with van der Waals surface area (Å²) in [6, 6.07) is 0. The molecule has 0 spiro atoms. The van der Waals surface area contributed by atoms with Gasteiger partial charge in [0.15, 0.2) is 0 Å². The van der Waals surface area contributed by atoms with E-state index >= 15 is 0 Å². The van der Waals surface area contributed by atoms with Gasteiger partial charge in [0, 0.05) is 5.97 Å². The largest absolute Gasteiger partial charge is 3.00 e. The van der Waals surface area contributed by atoms with E-state index in [9.17, 15) is 20.1 Å². The van der Waals surface area contributed by atoms with Crippen molar-refractivity contribution in [2.75, 3.05) is 0 Å². The van der Waals surface area contributed by atoms with E-state index in [2.05, 4.69) is 6.92 Å². The number of carboxylic acids is 1. The number of carbonyl (C=O) groups is 1. The molecule has 0 bridgehead atoms. The minimum absolute atomic E-state index is 0. The summed E-state index contributed by atoms with van der Waals surface area (Å²) in [6.07, 6.45) is 2.69. The first-order valence-electron chi connectivity index (χ1n) is 6.71. The normalized spacial score (nSPS) is 10.6. The molecular weight excluding hydrogens is 288 g/mol. The third kappa shape index (κ3) is 46.2. The van der Waals surface area contributed by atoms with Gasteiger partial charge in [-0.15, -0.1) is 12.2 Å². The van der Waals surface area contributed by atoms with E-state index in [0.717, 1.165) is 19.3 Å². The number of hydrogen-bond acceptors (Lipinski definition) is 4. The summed E-state index contributed by atoms with van der Waals surface area (Å²) in [7, 11) is 0. The molecule has 0 aromatic carbocycles. The molecule has 0 aliphatic rings. The SMILES string of the molecule is CC(C)[O-].CC(C)[O-].CCCCC(CC)C(=O)[O-].[Fe+3]. The maximum Gasteiger partial charge on any atom is 3.00 e. The van der Waals surface area contributed by atoms with Crippen molar-refractivity contribution in [3.8, 4) is 0 Å². The van der Waals surface area contributed by atoms with Crippen molar-refractivity contribution in [3.63, 3.8) is 0 Å². The van der Waals surface area contributed by atoms with Crippen LogP contribution in [-0.2, 0) is 21.9 Å². The molecule has 1 atom stereocenters. The second-order valence-corrected chi connectivity index (χ2v) is 4.66. The Balaban J connectivity index is -0.000000105. The van der Waals surface area contributed by atoms with Gasteiger partial charge in [-0.2, -0.15) is 0 Å². The molecule has 0 rings (SSSR count). The number of aliphatic carboxylic acids is 1. The molecule has 0 aliphatic carbocycles. The Labute approximate surface area is 129 Å². The average molecular weight is 317 g/mol. The second kappa shape index (κ2) is 20.2. The van der Waals surface area contributed by atoms with Crippen LogP contribution in [0.15, 0.2) is 0 Å². The molecule has 0 heterocycles. The van der Waals surface area contributed by atoms with Gasteiger partial charge in [0.1, 0.15) is 0 Å². The van der Waals surface area contributed by atoms with Gasteiger partial charge in [0.05, 0.1) is 0 Å². The van der Waals surface area contributed by atoms with Gasteiger partial charge in [-0.05, 0) is 18.8 Å². The summed E-state index contributed by atoms with van der Waals surface area (Å²) in [5.74, 6) is -1.11. The third-order valence-electron chi connectivity index (χ3n) is 1.73. The van der Waals surface area contributed by atoms with Gasteiger partial charge in [0.2, 0.25) is 0 Å². The molecule has 0 amide bonds. The Bertz CT molecular complexity index is 161. The van der Waals surface area contributed by atoms with Crippen LogP contribution in [0.4, 0.5) is 0 Å². The molecule has 0 aliphatic heterocycles. The molecule has 0 N–H and O–H groups in total. The Morgan fingerprint density at radius 2 is 1.32 bits per heavy atom. The van der Waals surface area contributed by atoms with E-state index in [-0.39, 0.29) is 23.0 Å². The quantitative estimate of drug-likeness (QED) is 0.689. The van der Waals surface area contributed by atoms with Gasteiger partial charge < -0.3 is 20.1 Å². The van der Waals surface area contributed by atoms with Crippen molar-refractivity contribution in [1.29, 1.82) is 0 Å². The maximum atomic E-state index is 10.3. The molecule has 4 nitrogen and oxygen atoms in total. The van der Waals surface area contributed by atoms with Crippen LogP contribution < -0.4 is 15.3 Å². The van der Waals surface area contributed by atoms with Crippen molar-refractivity contribution >= 4 is 5.97 Å². The molecule has 5 heteroatoms. The predicted octanol–water partition coefficient (Wildman–Crippen LogP) is 0.460. The van der Waals surface area contributed by atoms with Crippen molar-refractivity contribution in [2.45, 2.75) is 79.4 Å². The van der Waals surface area contributed by atoms with Crippen LogP contribution in [-0.4, -0.2) is 18.2 Å². The summed E-state index contributed by atoms with van der Waals surface area (Å²) >= 11 is 0. The zero-order valence-electron chi connectivity index (χ0n) is 13.0. The number of carbonyl (C=O) groups excluding carboxylic acids is 1. The Hall–Kier alpha value is -0.0905. The van der Waals surface area contributed by atoms with E-state index in [1.807, 2.05) is 6.92 Å². The van der Waals surface area contributed by atoms with Crippen LogP contribution in [0.1, 0.15) is 67.2 Å². The van der Waals surface area contributed by atoms with Crippen LogP contribution in [0.2, 0.25) is 0 Å². The fourth-order valence-corrected chi connectivity index (χ4v) is 0.939. The van der Waals surface area contributed by atoms with Crippen molar-refractivity contribution in [2.24, 2.45) is 5.92 Å². The van der Waals surface area contributed by atoms with Crippen molar-refractivity contribution in [3.05, 3.63) is 0 Å². The Kier molecular flexibility index (Phi) is 29.1. The van der Waals surface area contributed by atoms with Crippen molar-refractivity contribution < 1.29 is 37.2 Å². The summed E-state index contributed by atoms with van der Waals surface area (Å²) in [5, 5.41) is 29.4. The van der Waals surface area contributed by atoms with Gasteiger partial charge in [0.25, 0.3) is 0 Å². The summed E-state index contributed by atoms with van der Waals surface area (Å²) in [5.41, 5.74) is 0. The molecule has 19 heavy (non-hydrogen) atoms. The van der Waals surface area contributed by atoms with E-state index < -0.39 is 18.2 Å². The van der Waals surface area contributed by atoms with E-state index in [4.69, 9.17) is 0 Å².